The van der Waals surface area contributed by atoms with Crippen molar-refractivity contribution < 1.29 is 19.1 Å². The summed E-state index contributed by atoms with van der Waals surface area (Å²) in [7, 11) is 0. The zero-order valence-corrected chi connectivity index (χ0v) is 32.8. The molecule has 0 heterocycles. The average molecular weight is 721 g/mol. The summed E-state index contributed by atoms with van der Waals surface area (Å²) in [6, 6.07) is 37.9. The van der Waals surface area contributed by atoms with Crippen LogP contribution < -0.4 is 0 Å². The molecule has 12 unspecified atom stereocenters. The van der Waals surface area contributed by atoms with Crippen LogP contribution in [-0.2, 0) is 19.1 Å². The summed E-state index contributed by atoms with van der Waals surface area (Å²) in [6.45, 7) is 13.3. The predicted octanol–water partition coefficient (Wildman–Crippen LogP) is 12.4. The Bertz CT molecular complexity index is 2130. The van der Waals surface area contributed by atoms with Crippen molar-refractivity contribution in [1.29, 1.82) is 0 Å². The molecule has 4 fully saturated rings. The zero-order chi connectivity index (χ0) is 37.7. The van der Waals surface area contributed by atoms with Gasteiger partial charge in [-0.25, -0.2) is 0 Å². The van der Waals surface area contributed by atoms with Crippen LogP contribution in [0.5, 0.6) is 0 Å². The first-order valence-electron chi connectivity index (χ1n) is 20.5. The van der Waals surface area contributed by atoms with Gasteiger partial charge in [-0.2, -0.15) is 0 Å². The van der Waals surface area contributed by atoms with Gasteiger partial charge < -0.3 is 9.47 Å². The molecule has 9 rings (SSSR count). The van der Waals surface area contributed by atoms with Gasteiger partial charge in [0.25, 0.3) is 0 Å². The van der Waals surface area contributed by atoms with Crippen molar-refractivity contribution in [3.05, 3.63) is 120 Å². The SMILES string of the molecule is CC(OC(=O)C1CC2CC1C(C)C2C)c1ccc2c(-c3ccccc3)cccc2c1.CC(OC(=O)C1CC2CC1C(C)C2C)c1ccc2ccccc2c1. The summed E-state index contributed by atoms with van der Waals surface area (Å²) in [5, 5.41) is 4.82. The lowest BCUT2D eigenvalue weighted by molar-refractivity contribution is -0.157. The lowest BCUT2D eigenvalue weighted by Gasteiger charge is -2.31. The van der Waals surface area contributed by atoms with Crippen LogP contribution in [0, 0.1) is 59.2 Å². The monoisotopic (exact) mass is 720 g/mol. The Hall–Kier alpha value is -4.44. The minimum Gasteiger partial charge on any atom is -0.458 e. The van der Waals surface area contributed by atoms with E-state index in [4.69, 9.17) is 9.47 Å². The van der Waals surface area contributed by atoms with Gasteiger partial charge in [0, 0.05) is 0 Å². The smallest absolute Gasteiger partial charge is 0.309 e. The van der Waals surface area contributed by atoms with Crippen LogP contribution in [0.2, 0.25) is 0 Å². The van der Waals surface area contributed by atoms with Crippen molar-refractivity contribution in [3.8, 4) is 11.1 Å². The summed E-state index contributed by atoms with van der Waals surface area (Å²) in [5.41, 5.74) is 4.58. The highest BCUT2D eigenvalue weighted by molar-refractivity contribution is 5.97. The fourth-order valence-electron chi connectivity index (χ4n) is 11.0. The summed E-state index contributed by atoms with van der Waals surface area (Å²) in [4.78, 5) is 25.7. The maximum Gasteiger partial charge on any atom is 0.309 e. The highest BCUT2D eigenvalue weighted by Crippen LogP contribution is 2.56. The largest absolute Gasteiger partial charge is 0.458 e. The number of esters is 2. The minimum absolute atomic E-state index is 0.00637. The molecule has 0 amide bonds. The van der Waals surface area contributed by atoms with Crippen LogP contribution >= 0.6 is 0 Å². The van der Waals surface area contributed by atoms with E-state index in [1.165, 1.54) is 45.5 Å². The first-order chi connectivity index (χ1) is 26.1. The van der Waals surface area contributed by atoms with E-state index in [1.807, 2.05) is 32.0 Å². The van der Waals surface area contributed by atoms with Gasteiger partial charge in [-0.3, -0.25) is 9.59 Å². The zero-order valence-electron chi connectivity index (χ0n) is 32.8. The van der Waals surface area contributed by atoms with Crippen molar-refractivity contribution in [3.63, 3.8) is 0 Å². The third-order valence-electron chi connectivity index (χ3n) is 14.7. The van der Waals surface area contributed by atoms with E-state index in [0.717, 1.165) is 41.7 Å². The molecular formula is C50H56O4. The van der Waals surface area contributed by atoms with Gasteiger partial charge in [0.2, 0.25) is 0 Å². The highest BCUT2D eigenvalue weighted by Gasteiger charge is 2.53. The van der Waals surface area contributed by atoms with Crippen molar-refractivity contribution in [2.24, 2.45) is 59.2 Å². The van der Waals surface area contributed by atoms with Gasteiger partial charge in [-0.1, -0.05) is 125 Å². The van der Waals surface area contributed by atoms with Gasteiger partial charge in [0.1, 0.15) is 12.2 Å². The number of rotatable bonds is 7. The van der Waals surface area contributed by atoms with Crippen LogP contribution in [0.3, 0.4) is 0 Å². The number of hydrogen-bond donors (Lipinski definition) is 0. The van der Waals surface area contributed by atoms with E-state index in [1.54, 1.807) is 0 Å². The standard InChI is InChI=1S/C28H30O2.C22H26O2/c1-17-18(2)26-15-23(17)16-27(26)28(29)30-19(3)21-12-13-25-22(14-21)10-7-11-24(25)20-8-5-4-6-9-20;1-13-14(2)20-11-19(13)12-21(20)22(23)24-15(3)17-9-8-16-6-4-5-7-18(16)10-17/h4-14,17-19,23,26-27H,15-16H2,1-3H3;4-10,13-15,19-21H,11-12H2,1-3H3. The number of ether oxygens (including phenoxy) is 2. The van der Waals surface area contributed by atoms with Crippen LogP contribution in [0.4, 0.5) is 0 Å². The van der Waals surface area contributed by atoms with E-state index in [-0.39, 0.29) is 36.0 Å². The topological polar surface area (TPSA) is 52.6 Å². The molecule has 280 valence electrons. The Kier molecular flexibility index (Phi) is 10.2. The van der Waals surface area contributed by atoms with Crippen LogP contribution in [0.25, 0.3) is 32.7 Å². The molecule has 4 aliphatic carbocycles. The lowest BCUT2D eigenvalue weighted by atomic mass is 9.76. The minimum atomic E-state index is -0.228. The van der Waals surface area contributed by atoms with E-state index in [9.17, 15) is 9.59 Å². The Morgan fingerprint density at radius 2 is 1.02 bits per heavy atom. The van der Waals surface area contributed by atoms with Crippen molar-refractivity contribution in [1.82, 2.24) is 0 Å². The predicted molar refractivity (Wildman–Crippen MR) is 218 cm³/mol. The van der Waals surface area contributed by atoms with Crippen molar-refractivity contribution in [2.75, 3.05) is 0 Å². The maximum absolute atomic E-state index is 13.0. The average Bonchev–Trinajstić information content (AvgIpc) is 3.97. The van der Waals surface area contributed by atoms with E-state index in [2.05, 4.69) is 119 Å². The molecule has 4 aliphatic rings. The molecule has 4 bridgehead atoms. The first kappa shape index (κ1) is 36.5. The summed E-state index contributed by atoms with van der Waals surface area (Å²) < 4.78 is 11.8. The molecule has 0 spiro atoms. The number of carbonyl (C=O) groups excluding carboxylic acids is 2. The lowest BCUT2D eigenvalue weighted by Crippen LogP contribution is -2.31. The van der Waals surface area contributed by atoms with Crippen molar-refractivity contribution >= 4 is 33.5 Å². The quantitative estimate of drug-likeness (QED) is 0.157. The highest BCUT2D eigenvalue weighted by atomic mass is 16.5. The fourth-order valence-corrected chi connectivity index (χ4v) is 11.0. The Labute approximate surface area is 321 Å². The van der Waals surface area contributed by atoms with Gasteiger partial charge >= 0.3 is 11.9 Å². The number of benzene rings is 5. The third kappa shape index (κ3) is 6.86. The van der Waals surface area contributed by atoms with Crippen molar-refractivity contribution in [2.45, 2.75) is 79.4 Å². The molecule has 0 N–H and O–H groups in total. The number of carbonyl (C=O) groups is 2. The molecule has 5 aromatic carbocycles. The summed E-state index contributed by atoms with van der Waals surface area (Å²) >= 11 is 0. The molecule has 0 radical (unpaired) electrons. The summed E-state index contributed by atoms with van der Waals surface area (Å²) in [5.74, 6) is 5.48. The van der Waals surface area contributed by atoms with Crippen LogP contribution in [-0.4, -0.2) is 11.9 Å². The Balaban J connectivity index is 0.000000157. The van der Waals surface area contributed by atoms with Crippen LogP contribution in [0.1, 0.15) is 90.6 Å². The number of fused-ring (bicyclic) bond motifs is 6. The molecule has 5 aromatic rings. The van der Waals surface area contributed by atoms with E-state index < -0.39 is 0 Å². The van der Waals surface area contributed by atoms with E-state index in [0.29, 0.717) is 29.6 Å². The van der Waals surface area contributed by atoms with Gasteiger partial charge in [-0.15, -0.1) is 0 Å². The summed E-state index contributed by atoms with van der Waals surface area (Å²) in [6.07, 6.45) is 4.05. The fraction of sp³-hybridized carbons (Fsp3) is 0.440. The Morgan fingerprint density at radius 1 is 0.519 bits per heavy atom. The van der Waals surface area contributed by atoms with E-state index >= 15 is 0 Å². The third-order valence-corrected chi connectivity index (χ3v) is 14.7. The molecule has 0 aromatic heterocycles. The van der Waals surface area contributed by atoms with Gasteiger partial charge in [-0.05, 0) is 143 Å². The molecule has 12 atom stereocenters. The number of hydrogen-bond acceptors (Lipinski definition) is 4. The second kappa shape index (κ2) is 15.0. The van der Waals surface area contributed by atoms with Gasteiger partial charge in [0.05, 0.1) is 11.8 Å². The Morgan fingerprint density at radius 3 is 1.57 bits per heavy atom. The van der Waals surface area contributed by atoms with Gasteiger partial charge in [0.15, 0.2) is 0 Å². The molecule has 0 aliphatic heterocycles. The normalized spacial score (nSPS) is 30.5. The molecule has 4 saturated carbocycles. The molecule has 4 heteroatoms. The molecule has 4 nitrogen and oxygen atoms in total. The van der Waals surface area contributed by atoms with Crippen LogP contribution in [0.15, 0.2) is 109 Å². The molecular weight excluding hydrogens is 665 g/mol. The maximum atomic E-state index is 13.0. The second-order valence-electron chi connectivity index (χ2n) is 17.4. The first-order valence-corrected chi connectivity index (χ1v) is 20.5. The molecule has 0 saturated heterocycles. The molecule has 54 heavy (non-hydrogen) atoms. The second-order valence-corrected chi connectivity index (χ2v) is 17.4.